The number of rotatable bonds is 4. The Hall–Kier alpha value is -2.08. The van der Waals surface area contributed by atoms with Crippen molar-refractivity contribution < 1.29 is 23.9 Å². The minimum Gasteiger partial charge on any atom is -0.412 e. The van der Waals surface area contributed by atoms with Gasteiger partial charge in [-0.2, -0.15) is 8.42 Å². The van der Waals surface area contributed by atoms with Gasteiger partial charge < -0.3 is 11.0 Å². The zero-order valence-electron chi connectivity index (χ0n) is 13.2. The van der Waals surface area contributed by atoms with Crippen LogP contribution in [0.2, 0.25) is 0 Å². The van der Waals surface area contributed by atoms with Crippen molar-refractivity contribution in [2.45, 2.75) is 4.90 Å². The average molecular weight is 378 g/mol. The molecule has 0 saturated carbocycles. The first-order chi connectivity index (χ1) is 11.1. The van der Waals surface area contributed by atoms with Crippen LogP contribution in [0.15, 0.2) is 89.8 Å². The molecular weight excluding hydrogens is 359 g/mol. The fraction of sp³-hybridized carbons (Fsp3) is 0. The molecular formula is C18H19O5PS. The van der Waals surface area contributed by atoms with E-state index in [0.29, 0.717) is 0 Å². The minimum atomic E-state index is -4.21. The molecule has 3 rings (SSSR count). The highest BCUT2D eigenvalue weighted by molar-refractivity contribution is 7.86. The fourth-order valence-electron chi connectivity index (χ4n) is 2.38. The van der Waals surface area contributed by atoms with E-state index in [4.69, 9.17) is 0 Å². The molecule has 0 aliphatic rings. The zero-order valence-corrected chi connectivity index (χ0v) is 14.9. The maximum atomic E-state index is 11.4. The van der Waals surface area contributed by atoms with Crippen LogP contribution < -0.4 is 15.9 Å². The number of benzene rings is 3. The van der Waals surface area contributed by atoms with Crippen LogP contribution in [0.3, 0.4) is 0 Å². The summed E-state index contributed by atoms with van der Waals surface area (Å²) >= 11 is 0. The summed E-state index contributed by atoms with van der Waals surface area (Å²) in [4.78, 5) is -0.0747. The first kappa shape index (κ1) is 21.0. The van der Waals surface area contributed by atoms with Crippen molar-refractivity contribution in [2.75, 3.05) is 0 Å². The summed E-state index contributed by atoms with van der Waals surface area (Å²) in [6.07, 6.45) is 0. The van der Waals surface area contributed by atoms with Crippen LogP contribution >= 0.6 is 7.92 Å². The van der Waals surface area contributed by atoms with E-state index in [-0.39, 0.29) is 15.8 Å². The standard InChI is InChI=1S/C18H15O3PS.2H2O/c19-23(20,21)18-13-7-12-17(14-18)22(15-8-3-1-4-9-15)16-10-5-2-6-11-16;;/h1-14H,(H,19,20,21);2*1H2. The normalized spacial score (nSPS) is 10.6. The molecule has 5 N–H and O–H groups in total. The van der Waals surface area contributed by atoms with Gasteiger partial charge in [-0.05, 0) is 36.0 Å². The molecule has 0 spiro atoms. The van der Waals surface area contributed by atoms with Gasteiger partial charge in [-0.3, -0.25) is 4.55 Å². The van der Waals surface area contributed by atoms with Crippen molar-refractivity contribution in [3.05, 3.63) is 84.9 Å². The third kappa shape index (κ3) is 4.95. The Bertz CT molecular complexity index is 860. The summed E-state index contributed by atoms with van der Waals surface area (Å²) in [6.45, 7) is 0. The van der Waals surface area contributed by atoms with Crippen LogP contribution in [0.4, 0.5) is 0 Å². The zero-order chi connectivity index (χ0) is 16.3. The topological polar surface area (TPSA) is 117 Å². The van der Waals surface area contributed by atoms with E-state index in [9.17, 15) is 13.0 Å². The second-order valence-corrected chi connectivity index (χ2v) is 8.62. The van der Waals surface area contributed by atoms with E-state index >= 15 is 0 Å². The van der Waals surface area contributed by atoms with Crippen LogP contribution in [0.1, 0.15) is 0 Å². The molecule has 0 aromatic heterocycles. The molecule has 0 amide bonds. The number of hydrogen-bond acceptors (Lipinski definition) is 2. The van der Waals surface area contributed by atoms with Crippen molar-refractivity contribution in [1.29, 1.82) is 0 Å². The lowest BCUT2D eigenvalue weighted by Gasteiger charge is -2.19. The molecule has 0 radical (unpaired) electrons. The molecule has 3 aromatic rings. The maximum Gasteiger partial charge on any atom is 0.294 e. The van der Waals surface area contributed by atoms with Gasteiger partial charge in [-0.25, -0.2) is 0 Å². The van der Waals surface area contributed by atoms with Gasteiger partial charge in [0.05, 0.1) is 4.90 Å². The van der Waals surface area contributed by atoms with Crippen LogP contribution in [0.5, 0.6) is 0 Å². The van der Waals surface area contributed by atoms with Gasteiger partial charge in [0.15, 0.2) is 0 Å². The lowest BCUT2D eigenvalue weighted by atomic mass is 10.3. The van der Waals surface area contributed by atoms with Crippen LogP contribution in [0.25, 0.3) is 0 Å². The third-order valence-corrected chi connectivity index (χ3v) is 6.68. The van der Waals surface area contributed by atoms with E-state index in [0.717, 1.165) is 15.9 Å². The average Bonchev–Trinajstić information content (AvgIpc) is 2.57. The van der Waals surface area contributed by atoms with Gasteiger partial charge in [-0.1, -0.05) is 72.8 Å². The Morgan fingerprint density at radius 1 is 0.640 bits per heavy atom. The second-order valence-electron chi connectivity index (χ2n) is 4.98. The number of hydrogen-bond donors (Lipinski definition) is 1. The largest absolute Gasteiger partial charge is 0.412 e. The monoisotopic (exact) mass is 378 g/mol. The van der Waals surface area contributed by atoms with Crippen LogP contribution in [0, 0.1) is 0 Å². The molecule has 25 heavy (non-hydrogen) atoms. The van der Waals surface area contributed by atoms with E-state index in [1.807, 2.05) is 66.7 Å². The van der Waals surface area contributed by atoms with E-state index < -0.39 is 18.0 Å². The molecule has 0 unspecified atom stereocenters. The van der Waals surface area contributed by atoms with Crippen molar-refractivity contribution in [3.8, 4) is 0 Å². The second kappa shape index (κ2) is 8.85. The Balaban J connectivity index is 0.00000156. The molecule has 5 nitrogen and oxygen atoms in total. The molecule has 0 saturated heterocycles. The summed E-state index contributed by atoms with van der Waals surface area (Å²) in [7, 11) is -5.10. The summed E-state index contributed by atoms with van der Waals surface area (Å²) in [5.74, 6) is 0. The Kier molecular flexibility index (Phi) is 7.42. The van der Waals surface area contributed by atoms with Crippen LogP contribution in [-0.2, 0) is 10.1 Å². The third-order valence-electron chi connectivity index (χ3n) is 3.40. The highest BCUT2D eigenvalue weighted by Crippen LogP contribution is 2.33. The summed E-state index contributed by atoms with van der Waals surface area (Å²) in [6, 6.07) is 26.5. The SMILES string of the molecule is O.O.O=S(=O)(O)c1cccc(P(c2ccccc2)c2ccccc2)c1. The van der Waals surface area contributed by atoms with Gasteiger partial charge in [0.25, 0.3) is 10.1 Å². The molecule has 0 aliphatic carbocycles. The lowest BCUT2D eigenvalue weighted by molar-refractivity contribution is 0.483. The predicted octanol–water partition coefficient (Wildman–Crippen LogP) is 1.04. The highest BCUT2D eigenvalue weighted by atomic mass is 32.2. The molecule has 0 heterocycles. The lowest BCUT2D eigenvalue weighted by Crippen LogP contribution is -2.21. The van der Waals surface area contributed by atoms with Crippen LogP contribution in [-0.4, -0.2) is 23.9 Å². The first-order valence-electron chi connectivity index (χ1n) is 7.03. The van der Waals surface area contributed by atoms with Gasteiger partial charge >= 0.3 is 0 Å². The van der Waals surface area contributed by atoms with Gasteiger partial charge in [0.1, 0.15) is 0 Å². The van der Waals surface area contributed by atoms with E-state index in [1.165, 1.54) is 6.07 Å². The fourth-order valence-corrected chi connectivity index (χ4v) is 5.34. The molecule has 0 fully saturated rings. The van der Waals surface area contributed by atoms with Crippen molar-refractivity contribution in [2.24, 2.45) is 0 Å². The Labute approximate surface area is 148 Å². The predicted molar refractivity (Wildman–Crippen MR) is 102 cm³/mol. The summed E-state index contributed by atoms with van der Waals surface area (Å²) in [5.41, 5.74) is 0. The van der Waals surface area contributed by atoms with Crippen molar-refractivity contribution in [1.82, 2.24) is 0 Å². The molecule has 0 atom stereocenters. The maximum absolute atomic E-state index is 11.4. The summed E-state index contributed by atoms with van der Waals surface area (Å²) < 4.78 is 32.2. The quantitative estimate of drug-likeness (QED) is 0.540. The first-order valence-corrected chi connectivity index (χ1v) is 9.82. The molecule has 7 heteroatoms. The van der Waals surface area contributed by atoms with Crippen molar-refractivity contribution >= 4 is 34.0 Å². The van der Waals surface area contributed by atoms with E-state index in [2.05, 4.69) is 0 Å². The molecule has 0 aliphatic heterocycles. The minimum absolute atomic E-state index is 0. The smallest absolute Gasteiger partial charge is 0.294 e. The molecule has 0 bridgehead atoms. The van der Waals surface area contributed by atoms with E-state index in [1.54, 1.807) is 12.1 Å². The Morgan fingerprint density at radius 2 is 1.08 bits per heavy atom. The molecule has 3 aromatic carbocycles. The van der Waals surface area contributed by atoms with Gasteiger partial charge in [-0.15, -0.1) is 0 Å². The summed E-state index contributed by atoms with van der Waals surface area (Å²) in [5, 5.41) is 3.13. The van der Waals surface area contributed by atoms with Gasteiger partial charge in [0.2, 0.25) is 0 Å². The molecule has 132 valence electrons. The van der Waals surface area contributed by atoms with Gasteiger partial charge in [0, 0.05) is 0 Å². The Morgan fingerprint density at radius 3 is 1.52 bits per heavy atom. The van der Waals surface area contributed by atoms with Crippen molar-refractivity contribution in [3.63, 3.8) is 0 Å². The highest BCUT2D eigenvalue weighted by Gasteiger charge is 2.18.